The first-order valence-corrected chi connectivity index (χ1v) is 5.78. The molecule has 0 atom stereocenters. The van der Waals surface area contributed by atoms with Crippen LogP contribution in [0.1, 0.15) is 13.3 Å². The number of ether oxygens (including phenoxy) is 1. The molecule has 0 saturated carbocycles. The molecule has 1 aromatic rings. The Balaban J connectivity index is 2.71. The Morgan fingerprint density at radius 1 is 1.47 bits per heavy atom. The van der Waals surface area contributed by atoms with Crippen molar-refractivity contribution in [3.8, 4) is 5.75 Å². The van der Waals surface area contributed by atoms with E-state index >= 15 is 0 Å². The standard InChI is InChI=1S/C9H14F3N3OS/c1-3-16-6-7(13)14-17-8(6)15(2)5-4-9(10,11)12/h3-5H2,1-2H3,(H2,13,14). The fourth-order valence-corrected chi connectivity index (χ4v) is 1.95. The van der Waals surface area contributed by atoms with E-state index in [4.69, 9.17) is 10.5 Å². The van der Waals surface area contributed by atoms with Crippen LogP contribution >= 0.6 is 11.5 Å². The van der Waals surface area contributed by atoms with Gasteiger partial charge in [-0.1, -0.05) is 0 Å². The second kappa shape index (κ2) is 5.44. The zero-order valence-electron chi connectivity index (χ0n) is 9.54. The van der Waals surface area contributed by atoms with Crippen molar-refractivity contribution in [3.63, 3.8) is 0 Å². The maximum atomic E-state index is 12.1. The fourth-order valence-electron chi connectivity index (χ4n) is 1.20. The first kappa shape index (κ1) is 13.9. The van der Waals surface area contributed by atoms with Crippen LogP contribution < -0.4 is 15.4 Å². The van der Waals surface area contributed by atoms with Crippen LogP contribution in [0.2, 0.25) is 0 Å². The largest absolute Gasteiger partial charge is 0.487 e. The molecule has 0 aliphatic heterocycles. The van der Waals surface area contributed by atoms with Gasteiger partial charge < -0.3 is 15.4 Å². The normalized spacial score (nSPS) is 11.6. The third kappa shape index (κ3) is 3.95. The second-order valence-electron chi connectivity index (χ2n) is 3.42. The quantitative estimate of drug-likeness (QED) is 0.892. The number of anilines is 2. The van der Waals surface area contributed by atoms with E-state index in [0.717, 1.165) is 11.5 Å². The molecule has 0 aliphatic rings. The highest BCUT2D eigenvalue weighted by Crippen LogP contribution is 2.38. The monoisotopic (exact) mass is 269 g/mol. The van der Waals surface area contributed by atoms with Crippen molar-refractivity contribution >= 4 is 22.4 Å². The minimum absolute atomic E-state index is 0.148. The van der Waals surface area contributed by atoms with E-state index in [1.807, 2.05) is 0 Å². The van der Waals surface area contributed by atoms with E-state index in [0.29, 0.717) is 17.4 Å². The predicted octanol–water partition coefficient (Wildman–Crippen LogP) is 2.51. The van der Waals surface area contributed by atoms with Crippen LogP contribution in [-0.2, 0) is 0 Å². The number of alkyl halides is 3. The van der Waals surface area contributed by atoms with Gasteiger partial charge in [0.15, 0.2) is 16.6 Å². The van der Waals surface area contributed by atoms with Crippen molar-refractivity contribution in [2.45, 2.75) is 19.5 Å². The summed E-state index contributed by atoms with van der Waals surface area (Å²) in [6.07, 6.45) is -5.05. The summed E-state index contributed by atoms with van der Waals surface area (Å²) in [5, 5.41) is 0.522. The van der Waals surface area contributed by atoms with Gasteiger partial charge in [-0.2, -0.15) is 17.5 Å². The Bertz CT molecular complexity index is 367. The summed E-state index contributed by atoms with van der Waals surface area (Å²) in [6, 6.07) is 0. The molecule has 8 heteroatoms. The third-order valence-corrected chi connectivity index (χ3v) is 2.98. The molecule has 0 fully saturated rings. The van der Waals surface area contributed by atoms with E-state index in [2.05, 4.69) is 4.37 Å². The Morgan fingerprint density at radius 2 is 2.12 bits per heavy atom. The van der Waals surface area contributed by atoms with Crippen LogP contribution in [0.5, 0.6) is 5.75 Å². The van der Waals surface area contributed by atoms with Gasteiger partial charge in [-0.15, -0.1) is 0 Å². The Kier molecular flexibility index (Phi) is 4.44. The van der Waals surface area contributed by atoms with Crippen molar-refractivity contribution in [2.75, 3.05) is 30.8 Å². The molecule has 1 rings (SSSR count). The molecule has 0 radical (unpaired) electrons. The molecular weight excluding hydrogens is 255 g/mol. The van der Waals surface area contributed by atoms with Crippen LogP contribution in [-0.4, -0.2) is 30.7 Å². The molecule has 2 N–H and O–H groups in total. The number of hydrogen-bond donors (Lipinski definition) is 1. The van der Waals surface area contributed by atoms with Gasteiger partial charge in [0.1, 0.15) is 0 Å². The lowest BCUT2D eigenvalue weighted by molar-refractivity contribution is -0.132. The van der Waals surface area contributed by atoms with E-state index in [-0.39, 0.29) is 12.4 Å². The summed E-state index contributed by atoms with van der Waals surface area (Å²) in [6.45, 7) is 2.02. The van der Waals surface area contributed by atoms with Crippen LogP contribution in [0.3, 0.4) is 0 Å². The highest BCUT2D eigenvalue weighted by Gasteiger charge is 2.28. The SMILES string of the molecule is CCOc1c(N)nsc1N(C)CCC(F)(F)F. The van der Waals surface area contributed by atoms with Gasteiger partial charge in [-0.05, 0) is 18.5 Å². The summed E-state index contributed by atoms with van der Waals surface area (Å²) in [5.74, 6) is 0.577. The number of nitrogen functional groups attached to an aromatic ring is 1. The average molecular weight is 269 g/mol. The maximum Gasteiger partial charge on any atom is 0.390 e. The lowest BCUT2D eigenvalue weighted by Gasteiger charge is -2.19. The summed E-state index contributed by atoms with van der Waals surface area (Å²) < 4.78 is 45.4. The number of hydrogen-bond acceptors (Lipinski definition) is 5. The predicted molar refractivity (Wildman–Crippen MR) is 61.6 cm³/mol. The zero-order valence-corrected chi connectivity index (χ0v) is 10.4. The van der Waals surface area contributed by atoms with E-state index in [9.17, 15) is 13.2 Å². The molecule has 0 saturated heterocycles. The molecular formula is C9H14F3N3OS. The van der Waals surface area contributed by atoms with Gasteiger partial charge >= 0.3 is 6.18 Å². The van der Waals surface area contributed by atoms with Crippen LogP contribution in [0.4, 0.5) is 24.0 Å². The molecule has 1 heterocycles. The topological polar surface area (TPSA) is 51.4 Å². The molecule has 0 aromatic carbocycles. The van der Waals surface area contributed by atoms with E-state index in [1.54, 1.807) is 14.0 Å². The maximum absolute atomic E-state index is 12.1. The average Bonchev–Trinajstić information content (AvgIpc) is 2.57. The van der Waals surface area contributed by atoms with Gasteiger partial charge in [0.25, 0.3) is 0 Å². The van der Waals surface area contributed by atoms with E-state index < -0.39 is 12.6 Å². The molecule has 0 amide bonds. The lowest BCUT2D eigenvalue weighted by Crippen LogP contribution is -2.23. The summed E-state index contributed by atoms with van der Waals surface area (Å²) in [4.78, 5) is 1.45. The first-order chi connectivity index (χ1) is 7.85. The van der Waals surface area contributed by atoms with Crippen molar-refractivity contribution in [1.82, 2.24) is 4.37 Å². The minimum atomic E-state index is -4.17. The third-order valence-electron chi connectivity index (χ3n) is 2.02. The smallest absolute Gasteiger partial charge is 0.390 e. The van der Waals surface area contributed by atoms with E-state index in [1.165, 1.54) is 4.90 Å². The highest BCUT2D eigenvalue weighted by atomic mass is 32.1. The number of nitrogens with zero attached hydrogens (tertiary/aromatic N) is 2. The number of aromatic nitrogens is 1. The fraction of sp³-hybridized carbons (Fsp3) is 0.667. The van der Waals surface area contributed by atoms with Gasteiger partial charge in [-0.25, -0.2) is 0 Å². The van der Waals surface area contributed by atoms with Gasteiger partial charge in [-0.3, -0.25) is 0 Å². The van der Waals surface area contributed by atoms with Crippen LogP contribution in [0.15, 0.2) is 0 Å². The number of rotatable bonds is 5. The molecule has 0 unspecified atom stereocenters. The second-order valence-corrected chi connectivity index (χ2v) is 4.17. The van der Waals surface area contributed by atoms with Crippen LogP contribution in [0, 0.1) is 0 Å². The molecule has 17 heavy (non-hydrogen) atoms. The Morgan fingerprint density at radius 3 is 2.65 bits per heavy atom. The molecule has 1 aromatic heterocycles. The Hall–Kier alpha value is -1.18. The van der Waals surface area contributed by atoms with Gasteiger partial charge in [0.05, 0.1) is 13.0 Å². The Labute approximate surface area is 101 Å². The highest BCUT2D eigenvalue weighted by molar-refractivity contribution is 7.11. The van der Waals surface area contributed by atoms with Crippen molar-refractivity contribution in [2.24, 2.45) is 0 Å². The molecule has 0 aliphatic carbocycles. The van der Waals surface area contributed by atoms with Crippen molar-refractivity contribution in [1.29, 1.82) is 0 Å². The first-order valence-electron chi connectivity index (χ1n) is 5.01. The van der Waals surface area contributed by atoms with Crippen LogP contribution in [0.25, 0.3) is 0 Å². The number of halogens is 3. The molecule has 4 nitrogen and oxygen atoms in total. The molecule has 0 spiro atoms. The van der Waals surface area contributed by atoms with Crippen molar-refractivity contribution in [3.05, 3.63) is 0 Å². The molecule has 0 bridgehead atoms. The summed E-state index contributed by atoms with van der Waals surface area (Å²) >= 11 is 1.03. The van der Waals surface area contributed by atoms with Gasteiger partial charge in [0, 0.05) is 13.6 Å². The summed E-state index contributed by atoms with van der Waals surface area (Å²) in [7, 11) is 1.56. The van der Waals surface area contributed by atoms with Crippen molar-refractivity contribution < 1.29 is 17.9 Å². The molecule has 98 valence electrons. The number of nitrogens with two attached hydrogens (primary N) is 1. The lowest BCUT2D eigenvalue weighted by atomic mass is 10.4. The zero-order chi connectivity index (χ0) is 13.1. The van der Waals surface area contributed by atoms with Gasteiger partial charge in [0.2, 0.25) is 0 Å². The summed E-state index contributed by atoms with van der Waals surface area (Å²) in [5.41, 5.74) is 5.57. The minimum Gasteiger partial charge on any atom is -0.487 e.